The van der Waals surface area contributed by atoms with Crippen molar-refractivity contribution in [1.29, 1.82) is 0 Å². The molecule has 0 aliphatic carbocycles. The van der Waals surface area contributed by atoms with Gasteiger partial charge in [0, 0.05) is 0 Å². The summed E-state index contributed by atoms with van der Waals surface area (Å²) in [5.74, 6) is 0.903. The molecule has 0 unspecified atom stereocenters. The van der Waals surface area contributed by atoms with Crippen molar-refractivity contribution in [3.05, 3.63) is 65.7 Å². The maximum absolute atomic E-state index is 5.73. The number of hydrogen-bond acceptors (Lipinski definition) is 1. The Hall–Kier alpha value is -0.657. The van der Waals surface area contributed by atoms with Crippen molar-refractivity contribution in [2.75, 3.05) is 0 Å². The van der Waals surface area contributed by atoms with E-state index in [4.69, 9.17) is 4.74 Å². The molecule has 0 atom stereocenters. The van der Waals surface area contributed by atoms with Gasteiger partial charge in [-0.15, -0.1) is 5.56 Å². The SMILES string of the molecule is CC(C)(C)c1ccc(OCc2[c-]cccc2)cc1.[Zn+][Br]. The van der Waals surface area contributed by atoms with E-state index >= 15 is 0 Å². The van der Waals surface area contributed by atoms with Crippen molar-refractivity contribution >= 4 is 13.6 Å². The number of halogens is 1. The molecule has 0 aliphatic rings. The van der Waals surface area contributed by atoms with Gasteiger partial charge in [0.2, 0.25) is 0 Å². The Bertz CT molecular complexity index is 489. The Labute approximate surface area is 138 Å². The van der Waals surface area contributed by atoms with Crippen molar-refractivity contribution in [3.8, 4) is 5.75 Å². The number of hydrogen-bond donors (Lipinski definition) is 0. The predicted octanol–water partition coefficient (Wildman–Crippen LogP) is 5.21. The molecule has 0 saturated heterocycles. The van der Waals surface area contributed by atoms with Gasteiger partial charge < -0.3 is 4.74 Å². The Morgan fingerprint density at radius 1 is 1.05 bits per heavy atom. The molecule has 0 saturated carbocycles. The van der Waals surface area contributed by atoms with Gasteiger partial charge in [-0.2, -0.15) is 30.3 Å². The molecule has 3 heteroatoms. The van der Waals surface area contributed by atoms with Crippen LogP contribution in [0.2, 0.25) is 0 Å². The Balaban J connectivity index is 0.000000956. The molecule has 0 amide bonds. The standard InChI is InChI=1S/C17H19O.BrH.Zn/c1-17(2,3)15-9-11-16(12-10-15)18-13-14-7-5-4-6-8-14;;/h4-7,9-12H,13H2,1-3H3;1H;/q-1;;+2/p-1. The van der Waals surface area contributed by atoms with Crippen LogP contribution in [0.3, 0.4) is 0 Å². The van der Waals surface area contributed by atoms with E-state index in [0.29, 0.717) is 6.61 Å². The molecule has 102 valence electrons. The first-order chi connectivity index (χ1) is 9.55. The topological polar surface area (TPSA) is 9.23 Å². The fraction of sp³-hybridized carbons (Fsp3) is 0.294. The van der Waals surface area contributed by atoms with Gasteiger partial charge in [-0.1, -0.05) is 32.9 Å². The maximum atomic E-state index is 5.73. The summed E-state index contributed by atoms with van der Waals surface area (Å²) < 4.78 is 5.73. The quantitative estimate of drug-likeness (QED) is 0.522. The molecule has 2 rings (SSSR count). The molecule has 0 spiro atoms. The van der Waals surface area contributed by atoms with Gasteiger partial charge in [-0.3, -0.25) is 0 Å². The third kappa shape index (κ3) is 5.77. The van der Waals surface area contributed by atoms with Gasteiger partial charge in [-0.25, -0.2) is 0 Å². The third-order valence-corrected chi connectivity index (χ3v) is 2.89. The van der Waals surface area contributed by atoms with Crippen molar-refractivity contribution in [1.82, 2.24) is 0 Å². The minimum atomic E-state index is 0.186. The molecular weight excluding hydrogens is 365 g/mol. The summed E-state index contributed by atoms with van der Waals surface area (Å²) >= 11 is 4.25. The summed E-state index contributed by atoms with van der Waals surface area (Å²) in [6.45, 7) is 7.20. The number of benzene rings is 2. The zero-order chi connectivity index (χ0) is 15.0. The van der Waals surface area contributed by atoms with Gasteiger partial charge in [0.05, 0.1) is 6.61 Å². The second-order valence-electron chi connectivity index (χ2n) is 5.45. The second-order valence-corrected chi connectivity index (χ2v) is 5.45. The fourth-order valence-electron chi connectivity index (χ4n) is 1.73. The zero-order valence-corrected chi connectivity index (χ0v) is 16.9. The van der Waals surface area contributed by atoms with Gasteiger partial charge in [-0.05, 0) is 23.1 Å². The summed E-state index contributed by atoms with van der Waals surface area (Å²) in [5.41, 5.74) is 2.57. The molecule has 1 nitrogen and oxygen atoms in total. The Morgan fingerprint density at radius 2 is 1.70 bits per heavy atom. The molecule has 0 heterocycles. The normalized spacial score (nSPS) is 10.5. The molecule has 2 aromatic carbocycles. The summed E-state index contributed by atoms with van der Waals surface area (Å²) in [7, 11) is 0. The van der Waals surface area contributed by atoms with Crippen LogP contribution in [-0.2, 0) is 28.4 Å². The molecular formula is C17H19BrOZn. The first kappa shape index (κ1) is 17.4. The van der Waals surface area contributed by atoms with Crippen molar-refractivity contribution < 1.29 is 21.1 Å². The van der Waals surface area contributed by atoms with Crippen LogP contribution in [0, 0.1) is 6.07 Å². The molecule has 0 N–H and O–H groups in total. The molecule has 0 radical (unpaired) electrons. The first-order valence-electron chi connectivity index (χ1n) is 6.51. The van der Waals surface area contributed by atoms with Gasteiger partial charge in [0.25, 0.3) is 0 Å². The van der Waals surface area contributed by atoms with Crippen LogP contribution in [0.15, 0.2) is 48.5 Å². The van der Waals surface area contributed by atoms with Crippen molar-refractivity contribution in [2.45, 2.75) is 32.8 Å². The van der Waals surface area contributed by atoms with Crippen LogP contribution < -0.4 is 4.74 Å². The summed E-state index contributed by atoms with van der Waals surface area (Å²) in [4.78, 5) is 0. The second kappa shape index (κ2) is 8.59. The minimum absolute atomic E-state index is 0.186. The van der Waals surface area contributed by atoms with E-state index in [1.54, 1.807) is 0 Å². The van der Waals surface area contributed by atoms with Crippen LogP contribution in [-0.4, -0.2) is 0 Å². The molecule has 0 fully saturated rings. The van der Waals surface area contributed by atoms with Crippen LogP contribution in [0.1, 0.15) is 31.9 Å². The monoisotopic (exact) mass is 382 g/mol. The first-order valence-corrected chi connectivity index (χ1v) is 13.5. The van der Waals surface area contributed by atoms with E-state index in [1.165, 1.54) is 21.9 Å². The average Bonchev–Trinajstić information content (AvgIpc) is 2.48. The van der Waals surface area contributed by atoms with Crippen LogP contribution in [0.25, 0.3) is 0 Å². The summed E-state index contributed by atoms with van der Waals surface area (Å²) in [5, 5.41) is 0. The zero-order valence-electron chi connectivity index (χ0n) is 12.3. The van der Waals surface area contributed by atoms with Gasteiger partial charge in [0.1, 0.15) is 5.75 Å². The molecule has 0 aliphatic heterocycles. The number of ether oxygens (including phenoxy) is 1. The number of rotatable bonds is 3. The van der Waals surface area contributed by atoms with E-state index in [1.807, 2.05) is 36.4 Å². The van der Waals surface area contributed by atoms with E-state index < -0.39 is 0 Å². The predicted molar refractivity (Wildman–Crippen MR) is 83.7 cm³/mol. The van der Waals surface area contributed by atoms with E-state index in [-0.39, 0.29) is 5.41 Å². The fourth-order valence-corrected chi connectivity index (χ4v) is 1.73. The van der Waals surface area contributed by atoms with Crippen LogP contribution in [0.4, 0.5) is 0 Å². The van der Waals surface area contributed by atoms with Crippen molar-refractivity contribution in [2.24, 2.45) is 0 Å². The molecule has 20 heavy (non-hydrogen) atoms. The van der Waals surface area contributed by atoms with E-state index in [2.05, 4.69) is 52.6 Å². The van der Waals surface area contributed by atoms with Crippen LogP contribution >= 0.6 is 13.6 Å². The Morgan fingerprint density at radius 3 is 2.20 bits per heavy atom. The van der Waals surface area contributed by atoms with Crippen molar-refractivity contribution in [3.63, 3.8) is 0 Å². The average molecular weight is 385 g/mol. The van der Waals surface area contributed by atoms with Gasteiger partial charge >= 0.3 is 30.0 Å². The Kier molecular flexibility index (Phi) is 7.47. The van der Waals surface area contributed by atoms with E-state index in [9.17, 15) is 0 Å². The summed E-state index contributed by atoms with van der Waals surface area (Å²) in [6, 6.07) is 19.3. The van der Waals surface area contributed by atoms with Gasteiger partial charge in [0.15, 0.2) is 0 Å². The molecule has 0 aromatic heterocycles. The molecule has 2 aromatic rings. The van der Waals surface area contributed by atoms with E-state index in [0.717, 1.165) is 11.3 Å². The molecule has 0 bridgehead atoms. The van der Waals surface area contributed by atoms with Crippen LogP contribution in [0.5, 0.6) is 5.75 Å². The summed E-state index contributed by atoms with van der Waals surface area (Å²) in [6.07, 6.45) is 0. The third-order valence-electron chi connectivity index (χ3n) is 2.89.